The molecule has 0 amide bonds. The molecule has 5 heteroatoms. The summed E-state index contributed by atoms with van der Waals surface area (Å²) in [5.74, 6) is 0.709. The predicted molar refractivity (Wildman–Crippen MR) is 223 cm³/mol. The summed E-state index contributed by atoms with van der Waals surface area (Å²) < 4.78 is 42.9. The van der Waals surface area contributed by atoms with Crippen LogP contribution >= 0.6 is 0 Å². The fourth-order valence-corrected chi connectivity index (χ4v) is 8.47. The zero-order valence-electron chi connectivity index (χ0n) is 34.6. The molecule has 0 aliphatic carbocycles. The smallest absolute Gasteiger partial charge is 0.294 e. The zero-order chi connectivity index (χ0) is 37.3. The number of ether oxygens (including phenoxy) is 1. The fourth-order valence-electron chi connectivity index (χ4n) is 7.68. The van der Waals surface area contributed by atoms with E-state index in [0.29, 0.717) is 12.4 Å². The third-order valence-electron chi connectivity index (χ3n) is 11.0. The molecular weight excluding hydrogens is 649 g/mol. The summed E-state index contributed by atoms with van der Waals surface area (Å²) in [5.41, 5.74) is 3.30. The summed E-state index contributed by atoms with van der Waals surface area (Å²) in [7, 11) is -4.36. The van der Waals surface area contributed by atoms with Gasteiger partial charge in [-0.05, 0) is 61.6 Å². The predicted octanol–water partition coefficient (Wildman–Crippen LogP) is 15.5. The van der Waals surface area contributed by atoms with Crippen LogP contribution in [0.2, 0.25) is 0 Å². The minimum atomic E-state index is -4.36. The lowest BCUT2D eigenvalue weighted by Gasteiger charge is -2.22. The number of hydrogen-bond donors (Lipinski definition) is 1. The van der Waals surface area contributed by atoms with E-state index in [1.165, 1.54) is 178 Å². The molecular formula is C46H86O4S. The normalized spacial score (nSPS) is 11.9. The van der Waals surface area contributed by atoms with Crippen LogP contribution in [0, 0.1) is 0 Å². The Balaban J connectivity index is 3.07. The molecule has 4 nitrogen and oxygen atoms in total. The molecule has 1 aromatic rings. The van der Waals surface area contributed by atoms with E-state index in [2.05, 4.69) is 27.7 Å². The first-order valence-corrected chi connectivity index (χ1v) is 24.1. The van der Waals surface area contributed by atoms with Gasteiger partial charge in [0.2, 0.25) is 0 Å². The summed E-state index contributed by atoms with van der Waals surface area (Å²) in [6.45, 7) is 9.56. The van der Waals surface area contributed by atoms with E-state index in [-0.39, 0.29) is 4.90 Å². The molecule has 0 unspecified atom stereocenters. The highest BCUT2D eigenvalue weighted by Crippen LogP contribution is 2.36. The average Bonchev–Trinajstić information content (AvgIpc) is 3.11. The molecule has 0 radical (unpaired) electrons. The molecule has 0 heterocycles. The Bertz CT molecular complexity index is 1030. The molecule has 0 bridgehead atoms. The monoisotopic (exact) mass is 735 g/mol. The first kappa shape index (κ1) is 48.0. The Kier molecular flexibility index (Phi) is 31.5. The van der Waals surface area contributed by atoms with E-state index in [0.717, 1.165) is 63.4 Å². The van der Waals surface area contributed by atoms with Gasteiger partial charge in [0.05, 0.1) is 6.61 Å². The molecule has 1 N–H and O–H groups in total. The summed E-state index contributed by atoms with van der Waals surface area (Å²) in [6, 6.07) is 1.70. The van der Waals surface area contributed by atoms with Crippen molar-refractivity contribution in [3.63, 3.8) is 0 Å². The van der Waals surface area contributed by atoms with Crippen molar-refractivity contribution < 1.29 is 17.7 Å². The van der Waals surface area contributed by atoms with Crippen molar-refractivity contribution in [2.45, 2.75) is 257 Å². The lowest BCUT2D eigenvalue weighted by atomic mass is 9.89. The van der Waals surface area contributed by atoms with Gasteiger partial charge < -0.3 is 4.74 Å². The van der Waals surface area contributed by atoms with Crippen LogP contribution < -0.4 is 4.74 Å². The van der Waals surface area contributed by atoms with E-state index < -0.39 is 10.1 Å². The number of benzene rings is 1. The van der Waals surface area contributed by atoms with Crippen molar-refractivity contribution in [1.82, 2.24) is 0 Å². The molecule has 51 heavy (non-hydrogen) atoms. The average molecular weight is 735 g/mol. The van der Waals surface area contributed by atoms with Crippen molar-refractivity contribution in [3.05, 3.63) is 22.8 Å². The third-order valence-corrected chi connectivity index (χ3v) is 11.9. The summed E-state index contributed by atoms with van der Waals surface area (Å²) in [6.07, 6.45) is 42.8. The minimum Gasteiger partial charge on any atom is -0.493 e. The molecule has 1 aromatic carbocycles. The van der Waals surface area contributed by atoms with Crippen LogP contribution in [0.4, 0.5) is 0 Å². The van der Waals surface area contributed by atoms with Crippen LogP contribution in [0.15, 0.2) is 11.0 Å². The van der Waals surface area contributed by atoms with Crippen LogP contribution in [-0.4, -0.2) is 19.6 Å². The zero-order valence-corrected chi connectivity index (χ0v) is 35.4. The van der Waals surface area contributed by atoms with Gasteiger partial charge >= 0.3 is 0 Å². The molecule has 0 aliphatic heterocycles. The maximum atomic E-state index is 13.0. The Morgan fingerprint density at radius 2 is 0.706 bits per heavy atom. The van der Waals surface area contributed by atoms with E-state index in [9.17, 15) is 13.0 Å². The van der Waals surface area contributed by atoms with Gasteiger partial charge in [-0.15, -0.1) is 0 Å². The van der Waals surface area contributed by atoms with E-state index in [1.807, 2.05) is 0 Å². The minimum absolute atomic E-state index is 0.110. The number of rotatable bonds is 38. The lowest BCUT2D eigenvalue weighted by Crippen LogP contribution is -2.13. The SMILES string of the molecule is CCCCCCCCCCCCc1c(OCCCC)cc(S(=O)(=O)O)c(CCCCCCCCCCCC)c1CCCCCCCCCCCC. The van der Waals surface area contributed by atoms with Crippen LogP contribution in [0.1, 0.15) is 250 Å². The maximum absolute atomic E-state index is 13.0. The van der Waals surface area contributed by atoms with Crippen molar-refractivity contribution in [2.24, 2.45) is 0 Å². The standard InChI is InChI=1S/C46H86O4S/c1-5-9-13-16-19-22-25-28-31-34-37-42-43(38-35-32-29-26-23-20-17-14-10-6-2)45(50-40-12-8-4)41-46(51(47,48)49)44(42)39-36-33-30-27-24-21-18-15-11-7-3/h41H,5-40H2,1-4H3,(H,47,48,49). The molecule has 1 rings (SSSR count). The van der Waals surface area contributed by atoms with Crippen LogP contribution in [-0.2, 0) is 29.4 Å². The molecule has 0 fully saturated rings. The summed E-state index contributed by atoms with van der Waals surface area (Å²) in [5, 5.41) is 0. The van der Waals surface area contributed by atoms with Gasteiger partial charge in [-0.2, -0.15) is 8.42 Å². The highest BCUT2D eigenvalue weighted by atomic mass is 32.2. The van der Waals surface area contributed by atoms with Gasteiger partial charge in [-0.25, -0.2) is 0 Å². The van der Waals surface area contributed by atoms with Crippen molar-refractivity contribution >= 4 is 10.1 Å². The lowest BCUT2D eigenvalue weighted by molar-refractivity contribution is 0.304. The van der Waals surface area contributed by atoms with Crippen molar-refractivity contribution in [2.75, 3.05) is 6.61 Å². The van der Waals surface area contributed by atoms with Gasteiger partial charge in [0.15, 0.2) is 0 Å². The first-order valence-electron chi connectivity index (χ1n) is 22.7. The van der Waals surface area contributed by atoms with E-state index >= 15 is 0 Å². The molecule has 0 saturated carbocycles. The van der Waals surface area contributed by atoms with Gasteiger partial charge in [-0.3, -0.25) is 4.55 Å². The highest BCUT2D eigenvalue weighted by Gasteiger charge is 2.25. The first-order chi connectivity index (χ1) is 24.9. The van der Waals surface area contributed by atoms with Crippen molar-refractivity contribution in [1.29, 1.82) is 0 Å². The second-order valence-electron chi connectivity index (χ2n) is 15.8. The highest BCUT2D eigenvalue weighted by molar-refractivity contribution is 7.85. The second kappa shape index (κ2) is 33.5. The topological polar surface area (TPSA) is 63.6 Å². The molecule has 0 spiro atoms. The molecule has 0 aromatic heterocycles. The number of hydrogen-bond acceptors (Lipinski definition) is 3. The molecule has 0 atom stereocenters. The van der Waals surface area contributed by atoms with Gasteiger partial charge in [0.1, 0.15) is 10.6 Å². The van der Waals surface area contributed by atoms with Gasteiger partial charge in [0, 0.05) is 6.07 Å². The Labute approximate surface area is 319 Å². The van der Waals surface area contributed by atoms with Crippen molar-refractivity contribution in [3.8, 4) is 5.75 Å². The van der Waals surface area contributed by atoms with Crippen LogP contribution in [0.5, 0.6) is 5.75 Å². The van der Waals surface area contributed by atoms with E-state index in [1.54, 1.807) is 6.07 Å². The second-order valence-corrected chi connectivity index (χ2v) is 17.2. The molecule has 0 saturated heterocycles. The van der Waals surface area contributed by atoms with E-state index in [4.69, 9.17) is 4.74 Å². The summed E-state index contributed by atoms with van der Waals surface area (Å²) >= 11 is 0. The Morgan fingerprint density at radius 1 is 0.412 bits per heavy atom. The third kappa shape index (κ3) is 24.8. The molecule has 300 valence electrons. The van der Waals surface area contributed by atoms with Crippen LogP contribution in [0.3, 0.4) is 0 Å². The maximum Gasteiger partial charge on any atom is 0.294 e. The van der Waals surface area contributed by atoms with Gasteiger partial charge in [0.25, 0.3) is 10.1 Å². The summed E-state index contributed by atoms with van der Waals surface area (Å²) in [4.78, 5) is 0.110. The Morgan fingerprint density at radius 3 is 1.04 bits per heavy atom. The van der Waals surface area contributed by atoms with Gasteiger partial charge in [-0.1, -0.05) is 207 Å². The largest absolute Gasteiger partial charge is 0.493 e. The Hall–Kier alpha value is -1.07. The van der Waals surface area contributed by atoms with Crippen LogP contribution in [0.25, 0.3) is 0 Å². The number of unbranched alkanes of at least 4 members (excludes halogenated alkanes) is 28. The fraction of sp³-hybridized carbons (Fsp3) is 0.870. The quantitative estimate of drug-likeness (QED) is 0.0543. The molecule has 0 aliphatic rings.